The fourth-order valence-electron chi connectivity index (χ4n) is 4.31. The first-order valence-corrected chi connectivity index (χ1v) is 7.61. The SMILES string of the molecule is CN1CCCC(CN)(N2CCN3CCCC3C2)C1. The number of likely N-dealkylation sites (tertiary alicyclic amines) is 1. The van der Waals surface area contributed by atoms with Crippen LogP contribution in [0.15, 0.2) is 0 Å². The van der Waals surface area contributed by atoms with Gasteiger partial charge in [0.2, 0.25) is 0 Å². The molecule has 4 nitrogen and oxygen atoms in total. The third-order valence-corrected chi connectivity index (χ3v) is 5.38. The average molecular weight is 252 g/mol. The van der Waals surface area contributed by atoms with Crippen LogP contribution in [0.25, 0.3) is 0 Å². The topological polar surface area (TPSA) is 35.7 Å². The van der Waals surface area contributed by atoms with E-state index in [1.807, 2.05) is 0 Å². The second-order valence-corrected chi connectivity index (χ2v) is 6.55. The second-order valence-electron chi connectivity index (χ2n) is 6.55. The molecule has 0 spiro atoms. The van der Waals surface area contributed by atoms with E-state index in [0.29, 0.717) is 0 Å². The Hall–Kier alpha value is -0.160. The molecule has 0 aliphatic carbocycles. The monoisotopic (exact) mass is 252 g/mol. The van der Waals surface area contributed by atoms with E-state index in [0.717, 1.165) is 19.1 Å². The number of piperazine rings is 1. The Morgan fingerprint density at radius 1 is 1.17 bits per heavy atom. The molecule has 0 radical (unpaired) electrons. The van der Waals surface area contributed by atoms with E-state index in [4.69, 9.17) is 5.73 Å². The molecule has 3 rings (SSSR count). The lowest BCUT2D eigenvalue weighted by Crippen LogP contribution is -2.66. The Morgan fingerprint density at radius 2 is 2.06 bits per heavy atom. The van der Waals surface area contributed by atoms with Gasteiger partial charge in [-0.25, -0.2) is 0 Å². The molecule has 3 fully saturated rings. The molecule has 2 unspecified atom stereocenters. The molecule has 2 N–H and O–H groups in total. The third-order valence-electron chi connectivity index (χ3n) is 5.38. The Bertz CT molecular complexity index is 296. The van der Waals surface area contributed by atoms with Gasteiger partial charge in [-0.05, 0) is 45.8 Å². The molecular weight excluding hydrogens is 224 g/mol. The Balaban J connectivity index is 1.71. The van der Waals surface area contributed by atoms with Crippen LogP contribution in [-0.4, -0.2) is 79.1 Å². The summed E-state index contributed by atoms with van der Waals surface area (Å²) < 4.78 is 0. The molecule has 3 aliphatic heterocycles. The van der Waals surface area contributed by atoms with E-state index in [1.54, 1.807) is 0 Å². The summed E-state index contributed by atoms with van der Waals surface area (Å²) in [5.41, 5.74) is 6.45. The quantitative estimate of drug-likeness (QED) is 0.761. The fraction of sp³-hybridized carbons (Fsp3) is 1.00. The predicted octanol–water partition coefficient (Wildman–Crippen LogP) is 0.190. The molecule has 3 heterocycles. The van der Waals surface area contributed by atoms with Crippen molar-refractivity contribution in [2.45, 2.75) is 37.3 Å². The van der Waals surface area contributed by atoms with Gasteiger partial charge in [0.15, 0.2) is 0 Å². The zero-order valence-corrected chi connectivity index (χ0v) is 11.8. The minimum Gasteiger partial charge on any atom is -0.329 e. The van der Waals surface area contributed by atoms with E-state index in [1.165, 1.54) is 58.4 Å². The summed E-state index contributed by atoms with van der Waals surface area (Å²) in [6.45, 7) is 8.29. The van der Waals surface area contributed by atoms with Crippen molar-refractivity contribution < 1.29 is 0 Å². The van der Waals surface area contributed by atoms with Crippen LogP contribution in [0, 0.1) is 0 Å². The Morgan fingerprint density at radius 3 is 2.83 bits per heavy atom. The maximum absolute atomic E-state index is 6.19. The van der Waals surface area contributed by atoms with Crippen molar-refractivity contribution in [1.29, 1.82) is 0 Å². The number of fused-ring (bicyclic) bond motifs is 1. The molecule has 3 aliphatic rings. The number of piperidine rings is 1. The highest BCUT2D eigenvalue weighted by Crippen LogP contribution is 2.31. The molecule has 104 valence electrons. The molecule has 2 atom stereocenters. The number of hydrogen-bond acceptors (Lipinski definition) is 4. The summed E-state index contributed by atoms with van der Waals surface area (Å²) in [6, 6.07) is 0.814. The maximum Gasteiger partial charge on any atom is 0.0459 e. The standard InChI is InChI=1S/C14H28N4/c1-16-6-3-5-14(11-15,12-16)18-9-8-17-7-2-4-13(17)10-18/h13H,2-12,15H2,1H3. The summed E-state index contributed by atoms with van der Waals surface area (Å²) >= 11 is 0. The van der Waals surface area contributed by atoms with Crippen LogP contribution in [-0.2, 0) is 0 Å². The Labute approximate surface area is 111 Å². The van der Waals surface area contributed by atoms with E-state index in [2.05, 4.69) is 21.7 Å². The van der Waals surface area contributed by atoms with Gasteiger partial charge in [0.25, 0.3) is 0 Å². The molecule has 0 bridgehead atoms. The van der Waals surface area contributed by atoms with Crippen molar-refractivity contribution in [2.75, 3.05) is 52.9 Å². The fourth-order valence-corrected chi connectivity index (χ4v) is 4.31. The molecule has 0 amide bonds. The van der Waals surface area contributed by atoms with E-state index < -0.39 is 0 Å². The summed E-state index contributed by atoms with van der Waals surface area (Å²) in [6.07, 6.45) is 5.39. The Kier molecular flexibility index (Phi) is 3.63. The van der Waals surface area contributed by atoms with Gasteiger partial charge in [-0.2, -0.15) is 0 Å². The second kappa shape index (κ2) is 5.08. The lowest BCUT2D eigenvalue weighted by Gasteiger charge is -2.52. The van der Waals surface area contributed by atoms with Crippen molar-refractivity contribution in [3.63, 3.8) is 0 Å². The number of hydrogen-bond donors (Lipinski definition) is 1. The van der Waals surface area contributed by atoms with Gasteiger partial charge in [0.1, 0.15) is 0 Å². The van der Waals surface area contributed by atoms with Gasteiger partial charge in [-0.1, -0.05) is 0 Å². The van der Waals surface area contributed by atoms with E-state index >= 15 is 0 Å². The van der Waals surface area contributed by atoms with Gasteiger partial charge < -0.3 is 10.6 Å². The van der Waals surface area contributed by atoms with Crippen molar-refractivity contribution in [3.05, 3.63) is 0 Å². The number of rotatable bonds is 2. The van der Waals surface area contributed by atoms with Gasteiger partial charge in [-0.15, -0.1) is 0 Å². The maximum atomic E-state index is 6.19. The highest BCUT2D eigenvalue weighted by molar-refractivity contribution is 5.01. The smallest absolute Gasteiger partial charge is 0.0459 e. The molecule has 4 heteroatoms. The molecule has 0 aromatic rings. The van der Waals surface area contributed by atoms with Crippen molar-refractivity contribution >= 4 is 0 Å². The highest BCUT2D eigenvalue weighted by Gasteiger charge is 2.42. The molecular formula is C14H28N4. The summed E-state index contributed by atoms with van der Waals surface area (Å²) in [4.78, 5) is 7.89. The zero-order chi connectivity index (χ0) is 12.6. The summed E-state index contributed by atoms with van der Waals surface area (Å²) in [5.74, 6) is 0. The normalized spacial score (nSPS) is 40.0. The zero-order valence-electron chi connectivity index (χ0n) is 11.8. The third kappa shape index (κ3) is 2.20. The first-order valence-electron chi connectivity index (χ1n) is 7.61. The lowest BCUT2D eigenvalue weighted by atomic mass is 9.86. The van der Waals surface area contributed by atoms with Crippen molar-refractivity contribution in [2.24, 2.45) is 5.73 Å². The molecule has 3 saturated heterocycles. The van der Waals surface area contributed by atoms with Gasteiger partial charge in [0.05, 0.1) is 0 Å². The van der Waals surface area contributed by atoms with Gasteiger partial charge >= 0.3 is 0 Å². The average Bonchev–Trinajstić information content (AvgIpc) is 2.85. The molecule has 18 heavy (non-hydrogen) atoms. The van der Waals surface area contributed by atoms with Gasteiger partial charge in [0, 0.05) is 44.3 Å². The van der Waals surface area contributed by atoms with Crippen LogP contribution in [0.4, 0.5) is 0 Å². The van der Waals surface area contributed by atoms with Crippen molar-refractivity contribution in [3.8, 4) is 0 Å². The number of likely N-dealkylation sites (N-methyl/N-ethyl adjacent to an activating group) is 1. The summed E-state index contributed by atoms with van der Waals surface area (Å²) in [5, 5.41) is 0. The first-order chi connectivity index (χ1) is 8.73. The van der Waals surface area contributed by atoms with Crippen LogP contribution in [0.3, 0.4) is 0 Å². The molecule has 0 aromatic carbocycles. The minimum atomic E-state index is 0.266. The van der Waals surface area contributed by atoms with Crippen LogP contribution >= 0.6 is 0 Å². The highest BCUT2D eigenvalue weighted by atomic mass is 15.3. The lowest BCUT2D eigenvalue weighted by molar-refractivity contribution is -0.0192. The van der Waals surface area contributed by atoms with Crippen molar-refractivity contribution in [1.82, 2.24) is 14.7 Å². The van der Waals surface area contributed by atoms with Crippen LogP contribution in [0.2, 0.25) is 0 Å². The predicted molar refractivity (Wildman–Crippen MR) is 74.7 cm³/mol. The van der Waals surface area contributed by atoms with Crippen LogP contribution in [0.5, 0.6) is 0 Å². The molecule has 0 saturated carbocycles. The summed E-state index contributed by atoms with van der Waals surface area (Å²) in [7, 11) is 2.25. The largest absolute Gasteiger partial charge is 0.329 e. The van der Waals surface area contributed by atoms with Gasteiger partial charge in [-0.3, -0.25) is 9.80 Å². The van der Waals surface area contributed by atoms with Crippen LogP contribution < -0.4 is 5.73 Å². The number of nitrogens with two attached hydrogens (primary N) is 1. The van der Waals surface area contributed by atoms with E-state index in [-0.39, 0.29) is 5.54 Å². The first kappa shape index (κ1) is 12.9. The molecule has 0 aromatic heterocycles. The minimum absolute atomic E-state index is 0.266. The number of nitrogens with zero attached hydrogens (tertiary/aromatic N) is 3. The van der Waals surface area contributed by atoms with E-state index in [9.17, 15) is 0 Å². The van der Waals surface area contributed by atoms with Crippen LogP contribution in [0.1, 0.15) is 25.7 Å².